The molecule has 1 aliphatic heterocycles. The number of halogens is 4. The molecule has 1 aromatic rings. The van der Waals surface area contributed by atoms with Crippen molar-refractivity contribution in [2.75, 3.05) is 13.1 Å². The topological polar surface area (TPSA) is 20.3 Å². The molecule has 0 atom stereocenters. The highest BCUT2D eigenvalue weighted by molar-refractivity contribution is 9.11. The lowest BCUT2D eigenvalue weighted by molar-refractivity contribution is -0.183. The van der Waals surface area contributed by atoms with E-state index in [4.69, 9.17) is 0 Å². The first-order chi connectivity index (χ1) is 8.38. The Labute approximate surface area is 115 Å². The molecule has 7 heteroatoms. The van der Waals surface area contributed by atoms with E-state index in [1.54, 1.807) is 11.4 Å². The van der Waals surface area contributed by atoms with Crippen molar-refractivity contribution < 1.29 is 18.0 Å². The van der Waals surface area contributed by atoms with E-state index < -0.39 is 12.1 Å². The molecule has 0 unspecified atom stereocenters. The van der Waals surface area contributed by atoms with Crippen LogP contribution in [0, 0.1) is 5.92 Å². The number of nitrogens with zero attached hydrogens (tertiary/aromatic N) is 1. The van der Waals surface area contributed by atoms with Gasteiger partial charge in [0.15, 0.2) is 0 Å². The molecule has 18 heavy (non-hydrogen) atoms. The van der Waals surface area contributed by atoms with Gasteiger partial charge in [-0.3, -0.25) is 4.79 Å². The second-order valence-electron chi connectivity index (χ2n) is 4.25. The van der Waals surface area contributed by atoms with Crippen LogP contribution in [-0.4, -0.2) is 30.1 Å². The van der Waals surface area contributed by atoms with Crippen LogP contribution in [0.15, 0.2) is 15.2 Å². The molecule has 0 saturated carbocycles. The highest BCUT2D eigenvalue weighted by atomic mass is 79.9. The van der Waals surface area contributed by atoms with Crippen molar-refractivity contribution in [3.05, 3.63) is 20.8 Å². The lowest BCUT2D eigenvalue weighted by Crippen LogP contribution is -2.42. The number of amides is 1. The van der Waals surface area contributed by atoms with Crippen molar-refractivity contribution in [3.8, 4) is 0 Å². The lowest BCUT2D eigenvalue weighted by Gasteiger charge is -2.32. The summed E-state index contributed by atoms with van der Waals surface area (Å²) in [6, 6.07) is 1.70. The maximum atomic E-state index is 12.5. The summed E-state index contributed by atoms with van der Waals surface area (Å²) in [5, 5.41) is 1.71. The van der Waals surface area contributed by atoms with E-state index >= 15 is 0 Å². The van der Waals surface area contributed by atoms with Gasteiger partial charge in [-0.15, -0.1) is 11.3 Å². The Kier molecular flexibility index (Phi) is 4.01. The molecule has 0 aromatic carbocycles. The molecule has 2 nitrogen and oxygen atoms in total. The standard InChI is InChI=1S/C11H11BrF3NOS/c12-9-5-7(6-18-9)10(17)16-3-1-8(2-4-16)11(13,14)15/h5-6,8H,1-4H2. The summed E-state index contributed by atoms with van der Waals surface area (Å²) in [7, 11) is 0. The summed E-state index contributed by atoms with van der Waals surface area (Å²) < 4.78 is 38.3. The number of carbonyl (C=O) groups excluding carboxylic acids is 1. The first-order valence-corrected chi connectivity index (χ1v) is 7.15. The largest absolute Gasteiger partial charge is 0.391 e. The number of piperidine rings is 1. The minimum atomic E-state index is -4.14. The van der Waals surface area contributed by atoms with Crippen molar-refractivity contribution in [2.45, 2.75) is 19.0 Å². The van der Waals surface area contributed by atoms with Crippen molar-refractivity contribution in [1.82, 2.24) is 4.90 Å². The van der Waals surface area contributed by atoms with Crippen LogP contribution >= 0.6 is 27.3 Å². The Morgan fingerprint density at radius 3 is 2.44 bits per heavy atom. The summed E-state index contributed by atoms with van der Waals surface area (Å²) >= 11 is 4.65. The minimum Gasteiger partial charge on any atom is -0.339 e. The average Bonchev–Trinajstić information content (AvgIpc) is 2.74. The molecule has 1 amide bonds. The molecule has 1 saturated heterocycles. The summed E-state index contributed by atoms with van der Waals surface area (Å²) in [6.45, 7) is 0.354. The quantitative estimate of drug-likeness (QED) is 0.757. The predicted molar refractivity (Wildman–Crippen MR) is 66.7 cm³/mol. The molecule has 0 spiro atoms. The zero-order valence-electron chi connectivity index (χ0n) is 9.34. The minimum absolute atomic E-state index is 0.000542. The van der Waals surface area contributed by atoms with E-state index in [1.165, 1.54) is 16.2 Å². The van der Waals surface area contributed by atoms with E-state index in [-0.39, 0.29) is 31.8 Å². The summed E-state index contributed by atoms with van der Waals surface area (Å²) in [5.74, 6) is -1.45. The van der Waals surface area contributed by atoms with Gasteiger partial charge in [0.25, 0.3) is 5.91 Å². The van der Waals surface area contributed by atoms with Crippen LogP contribution in [0.5, 0.6) is 0 Å². The first-order valence-electron chi connectivity index (χ1n) is 5.48. The molecule has 100 valence electrons. The SMILES string of the molecule is O=C(c1csc(Br)c1)N1CCC(C(F)(F)F)CC1. The summed E-state index contributed by atoms with van der Waals surface area (Å²) in [6.07, 6.45) is -4.14. The van der Waals surface area contributed by atoms with E-state index in [2.05, 4.69) is 15.9 Å². The fourth-order valence-electron chi connectivity index (χ4n) is 2.01. The normalized spacial score (nSPS) is 18.1. The highest BCUT2D eigenvalue weighted by Gasteiger charge is 2.41. The van der Waals surface area contributed by atoms with Crippen molar-refractivity contribution >= 4 is 33.2 Å². The molecule has 0 radical (unpaired) electrons. The Morgan fingerprint density at radius 1 is 1.39 bits per heavy atom. The van der Waals surface area contributed by atoms with E-state index in [0.29, 0.717) is 5.56 Å². The fraction of sp³-hybridized carbons (Fsp3) is 0.545. The average molecular weight is 342 g/mol. The van der Waals surface area contributed by atoms with E-state index in [9.17, 15) is 18.0 Å². The van der Waals surface area contributed by atoms with Crippen molar-refractivity contribution in [1.29, 1.82) is 0 Å². The second-order valence-corrected chi connectivity index (χ2v) is 6.54. The Balaban J connectivity index is 1.96. The Hall–Kier alpha value is -0.560. The smallest absolute Gasteiger partial charge is 0.339 e. The third-order valence-corrected chi connectivity index (χ3v) is 4.56. The van der Waals surface area contributed by atoms with Crippen LogP contribution in [0.3, 0.4) is 0 Å². The summed E-state index contributed by atoms with van der Waals surface area (Å²) in [5.41, 5.74) is 0.539. The maximum absolute atomic E-state index is 12.5. The van der Waals surface area contributed by atoms with Gasteiger partial charge in [-0.25, -0.2) is 0 Å². The van der Waals surface area contributed by atoms with Gasteiger partial charge in [0.1, 0.15) is 0 Å². The second kappa shape index (κ2) is 5.21. The number of carbonyl (C=O) groups is 1. The lowest BCUT2D eigenvalue weighted by atomic mass is 9.96. The molecule has 0 N–H and O–H groups in total. The van der Waals surface area contributed by atoms with Crippen LogP contribution in [0.25, 0.3) is 0 Å². The number of hydrogen-bond acceptors (Lipinski definition) is 2. The molecule has 0 bridgehead atoms. The molecule has 2 heterocycles. The molecular formula is C11H11BrF3NOS. The Bertz CT molecular complexity index is 438. The number of thiophene rings is 1. The zero-order chi connectivity index (χ0) is 13.3. The third kappa shape index (κ3) is 3.06. The molecule has 1 aliphatic rings. The number of hydrogen-bond donors (Lipinski definition) is 0. The number of rotatable bonds is 1. The van der Waals surface area contributed by atoms with Crippen molar-refractivity contribution in [2.24, 2.45) is 5.92 Å². The van der Waals surface area contributed by atoms with Gasteiger partial charge in [-0.05, 0) is 34.8 Å². The molecule has 0 aliphatic carbocycles. The van der Waals surface area contributed by atoms with Gasteiger partial charge in [-0.1, -0.05) is 0 Å². The molecule has 2 rings (SSSR count). The fourth-order valence-corrected chi connectivity index (χ4v) is 3.15. The van der Waals surface area contributed by atoms with E-state index in [0.717, 1.165) is 3.79 Å². The maximum Gasteiger partial charge on any atom is 0.391 e. The van der Waals surface area contributed by atoms with Gasteiger partial charge in [-0.2, -0.15) is 13.2 Å². The number of alkyl halides is 3. The van der Waals surface area contributed by atoms with Crippen LogP contribution < -0.4 is 0 Å². The third-order valence-electron chi connectivity index (χ3n) is 3.06. The molecular weight excluding hydrogens is 331 g/mol. The van der Waals surface area contributed by atoms with Crippen molar-refractivity contribution in [3.63, 3.8) is 0 Å². The zero-order valence-corrected chi connectivity index (χ0v) is 11.7. The monoisotopic (exact) mass is 341 g/mol. The van der Waals surface area contributed by atoms with Gasteiger partial charge in [0, 0.05) is 18.5 Å². The predicted octanol–water partition coefficient (Wildman–Crippen LogP) is 3.93. The van der Waals surface area contributed by atoms with Crippen LogP contribution in [-0.2, 0) is 0 Å². The first kappa shape index (κ1) is 13.9. The highest BCUT2D eigenvalue weighted by Crippen LogP contribution is 2.34. The molecule has 1 fully saturated rings. The number of likely N-dealkylation sites (tertiary alicyclic amines) is 1. The van der Waals surface area contributed by atoms with Crippen LogP contribution in [0.4, 0.5) is 13.2 Å². The van der Waals surface area contributed by atoms with Gasteiger partial charge >= 0.3 is 6.18 Å². The molecule has 1 aromatic heterocycles. The van der Waals surface area contributed by atoms with Crippen LogP contribution in [0.1, 0.15) is 23.2 Å². The van der Waals surface area contributed by atoms with Crippen LogP contribution in [0.2, 0.25) is 0 Å². The van der Waals surface area contributed by atoms with Gasteiger partial charge in [0.05, 0.1) is 15.3 Å². The van der Waals surface area contributed by atoms with Gasteiger partial charge in [0.2, 0.25) is 0 Å². The van der Waals surface area contributed by atoms with Gasteiger partial charge < -0.3 is 4.90 Å². The summed E-state index contributed by atoms with van der Waals surface area (Å²) in [4.78, 5) is 13.5. The van der Waals surface area contributed by atoms with E-state index in [1.807, 2.05) is 0 Å². The Morgan fingerprint density at radius 2 is 2.00 bits per heavy atom.